The summed E-state index contributed by atoms with van der Waals surface area (Å²) in [7, 11) is 0. The monoisotopic (exact) mass is 263 g/mol. The summed E-state index contributed by atoms with van der Waals surface area (Å²) < 4.78 is 0. The molecule has 2 aliphatic rings. The van der Waals surface area contributed by atoms with Gasteiger partial charge in [0.2, 0.25) is 0 Å². The molecule has 2 nitrogen and oxygen atoms in total. The van der Waals surface area contributed by atoms with Gasteiger partial charge in [0.05, 0.1) is 17.6 Å². The molecule has 0 bridgehead atoms. The Balaban J connectivity index is 1.99. The van der Waals surface area contributed by atoms with Gasteiger partial charge >= 0.3 is 0 Å². The number of hydrogen-bond acceptors (Lipinski definition) is 2. The molecule has 2 rings (SSSR count). The van der Waals surface area contributed by atoms with Crippen LogP contribution in [0.1, 0.15) is 71.6 Å². The summed E-state index contributed by atoms with van der Waals surface area (Å²) in [5.41, 5.74) is -0.434. The van der Waals surface area contributed by atoms with Crippen molar-refractivity contribution in [3.8, 4) is 6.07 Å². The Bertz CT molecular complexity index is 317. The number of rotatable bonds is 3. The minimum Gasteiger partial charge on any atom is -0.391 e. The molecule has 2 heteroatoms. The van der Waals surface area contributed by atoms with Crippen LogP contribution in [0.3, 0.4) is 0 Å². The molecule has 2 fully saturated rings. The topological polar surface area (TPSA) is 44.0 Å². The standard InChI is InChI=1S/C17H29NO/c1-3-14-8-10-17(12-18,11-9-14)16(19)15-6-4-13(2)5-7-15/h13-16,19H,3-11H2,1-2H3. The number of aliphatic hydroxyl groups excluding tert-OH is 1. The molecule has 0 amide bonds. The Labute approximate surface area is 118 Å². The third-order valence-corrected chi connectivity index (χ3v) is 5.87. The predicted octanol–water partition coefficient (Wildman–Crippen LogP) is 4.28. The molecule has 0 radical (unpaired) electrons. The zero-order valence-corrected chi connectivity index (χ0v) is 12.6. The second kappa shape index (κ2) is 6.27. The Morgan fingerprint density at radius 2 is 1.74 bits per heavy atom. The molecule has 0 aliphatic heterocycles. The average molecular weight is 263 g/mol. The molecule has 0 spiro atoms. The Morgan fingerprint density at radius 3 is 2.21 bits per heavy atom. The molecule has 2 aliphatic carbocycles. The van der Waals surface area contributed by atoms with Crippen LogP contribution in [-0.2, 0) is 0 Å². The van der Waals surface area contributed by atoms with Gasteiger partial charge in [-0.25, -0.2) is 0 Å². The SMILES string of the molecule is CCC1CCC(C#N)(C(O)C2CCC(C)CC2)CC1. The molecule has 1 unspecified atom stereocenters. The van der Waals surface area contributed by atoms with Crippen LogP contribution in [0.2, 0.25) is 0 Å². The van der Waals surface area contributed by atoms with E-state index < -0.39 is 5.41 Å². The van der Waals surface area contributed by atoms with Crippen molar-refractivity contribution in [2.75, 3.05) is 0 Å². The van der Waals surface area contributed by atoms with E-state index in [2.05, 4.69) is 19.9 Å². The van der Waals surface area contributed by atoms with Gasteiger partial charge in [-0.1, -0.05) is 33.1 Å². The fourth-order valence-corrected chi connectivity index (χ4v) is 4.13. The molecule has 1 N–H and O–H groups in total. The summed E-state index contributed by atoms with van der Waals surface area (Å²) in [6.07, 6.45) is 9.59. The smallest absolute Gasteiger partial charge is 0.0835 e. The highest BCUT2D eigenvalue weighted by atomic mass is 16.3. The molecule has 1 atom stereocenters. The van der Waals surface area contributed by atoms with E-state index in [0.717, 1.165) is 50.4 Å². The highest BCUT2D eigenvalue weighted by molar-refractivity contribution is 5.07. The van der Waals surface area contributed by atoms with Crippen LogP contribution in [0.15, 0.2) is 0 Å². The maximum Gasteiger partial charge on any atom is 0.0835 e. The van der Waals surface area contributed by atoms with Crippen molar-refractivity contribution in [3.63, 3.8) is 0 Å². The molecule has 0 aromatic rings. The van der Waals surface area contributed by atoms with E-state index in [9.17, 15) is 10.4 Å². The van der Waals surface area contributed by atoms with Gasteiger partial charge in [0.15, 0.2) is 0 Å². The van der Waals surface area contributed by atoms with Gasteiger partial charge in [0.25, 0.3) is 0 Å². The van der Waals surface area contributed by atoms with Crippen molar-refractivity contribution < 1.29 is 5.11 Å². The molecule has 0 aromatic heterocycles. The predicted molar refractivity (Wildman–Crippen MR) is 77.4 cm³/mol. The lowest BCUT2D eigenvalue weighted by Crippen LogP contribution is -2.43. The summed E-state index contributed by atoms with van der Waals surface area (Å²) in [6.45, 7) is 4.54. The number of hydrogen-bond donors (Lipinski definition) is 1. The second-order valence-electron chi connectivity index (χ2n) is 7.08. The van der Waals surface area contributed by atoms with E-state index in [1.807, 2.05) is 0 Å². The maximum absolute atomic E-state index is 10.8. The minimum atomic E-state index is -0.434. The summed E-state index contributed by atoms with van der Waals surface area (Å²) in [5, 5.41) is 20.4. The molecule has 0 aromatic carbocycles. The van der Waals surface area contributed by atoms with E-state index in [0.29, 0.717) is 5.92 Å². The van der Waals surface area contributed by atoms with E-state index in [1.54, 1.807) is 0 Å². The van der Waals surface area contributed by atoms with E-state index in [-0.39, 0.29) is 6.10 Å². The number of nitrogens with zero attached hydrogens (tertiary/aromatic N) is 1. The van der Waals surface area contributed by atoms with Gasteiger partial charge in [0, 0.05) is 0 Å². The minimum absolute atomic E-state index is 0.369. The van der Waals surface area contributed by atoms with Crippen LogP contribution in [0, 0.1) is 34.5 Å². The van der Waals surface area contributed by atoms with Crippen LogP contribution in [0.4, 0.5) is 0 Å². The van der Waals surface area contributed by atoms with Crippen LogP contribution in [0.25, 0.3) is 0 Å². The van der Waals surface area contributed by atoms with Crippen molar-refractivity contribution >= 4 is 0 Å². The number of nitriles is 1. The second-order valence-corrected chi connectivity index (χ2v) is 7.08. The summed E-state index contributed by atoms with van der Waals surface area (Å²) in [6, 6.07) is 2.52. The van der Waals surface area contributed by atoms with Gasteiger partial charge in [-0.3, -0.25) is 0 Å². The summed E-state index contributed by atoms with van der Waals surface area (Å²) in [5.74, 6) is 1.95. The molecule has 108 valence electrons. The summed E-state index contributed by atoms with van der Waals surface area (Å²) >= 11 is 0. The van der Waals surface area contributed by atoms with Crippen molar-refractivity contribution in [3.05, 3.63) is 0 Å². The first-order chi connectivity index (χ1) is 9.11. The Kier molecular flexibility index (Phi) is 4.90. The fraction of sp³-hybridized carbons (Fsp3) is 0.941. The average Bonchev–Trinajstić information content (AvgIpc) is 2.47. The quantitative estimate of drug-likeness (QED) is 0.825. The van der Waals surface area contributed by atoms with Crippen molar-refractivity contribution in [2.45, 2.75) is 77.7 Å². The third kappa shape index (κ3) is 3.14. The first-order valence-corrected chi connectivity index (χ1v) is 8.20. The zero-order chi connectivity index (χ0) is 13.9. The van der Waals surface area contributed by atoms with E-state index in [1.165, 1.54) is 19.3 Å². The first kappa shape index (κ1) is 14.9. The molecular formula is C17H29NO. The van der Waals surface area contributed by atoms with Gasteiger partial charge in [-0.15, -0.1) is 0 Å². The van der Waals surface area contributed by atoms with Crippen molar-refractivity contribution in [2.24, 2.45) is 23.2 Å². The van der Waals surface area contributed by atoms with Gasteiger partial charge in [0.1, 0.15) is 0 Å². The maximum atomic E-state index is 10.8. The molecular weight excluding hydrogens is 234 g/mol. The van der Waals surface area contributed by atoms with Gasteiger partial charge < -0.3 is 5.11 Å². The third-order valence-electron chi connectivity index (χ3n) is 5.87. The van der Waals surface area contributed by atoms with E-state index in [4.69, 9.17) is 0 Å². The highest BCUT2D eigenvalue weighted by Gasteiger charge is 2.45. The molecule has 19 heavy (non-hydrogen) atoms. The van der Waals surface area contributed by atoms with Crippen LogP contribution in [-0.4, -0.2) is 11.2 Å². The molecule has 0 saturated heterocycles. The molecule has 0 heterocycles. The lowest BCUT2D eigenvalue weighted by atomic mass is 9.63. The zero-order valence-electron chi connectivity index (χ0n) is 12.6. The fourth-order valence-electron chi connectivity index (χ4n) is 4.13. The highest BCUT2D eigenvalue weighted by Crippen LogP contribution is 2.46. The largest absolute Gasteiger partial charge is 0.391 e. The summed E-state index contributed by atoms with van der Waals surface area (Å²) in [4.78, 5) is 0. The Morgan fingerprint density at radius 1 is 1.16 bits per heavy atom. The number of aliphatic hydroxyl groups is 1. The first-order valence-electron chi connectivity index (χ1n) is 8.20. The van der Waals surface area contributed by atoms with E-state index >= 15 is 0 Å². The van der Waals surface area contributed by atoms with Crippen LogP contribution >= 0.6 is 0 Å². The lowest BCUT2D eigenvalue weighted by Gasteiger charge is -2.42. The molecule has 2 saturated carbocycles. The van der Waals surface area contributed by atoms with Crippen LogP contribution < -0.4 is 0 Å². The van der Waals surface area contributed by atoms with Crippen molar-refractivity contribution in [1.82, 2.24) is 0 Å². The van der Waals surface area contributed by atoms with Crippen LogP contribution in [0.5, 0.6) is 0 Å². The van der Waals surface area contributed by atoms with Crippen molar-refractivity contribution in [1.29, 1.82) is 5.26 Å². The van der Waals surface area contributed by atoms with Gasteiger partial charge in [-0.2, -0.15) is 5.26 Å². The lowest BCUT2D eigenvalue weighted by molar-refractivity contribution is -0.0299. The normalized spacial score (nSPS) is 41.5. The Hall–Kier alpha value is -0.550. The van der Waals surface area contributed by atoms with Gasteiger partial charge in [-0.05, 0) is 56.3 Å².